The van der Waals surface area contributed by atoms with Crippen LogP contribution in [0, 0.1) is 0 Å². The fourth-order valence-electron chi connectivity index (χ4n) is 5.73. The molecular weight excluding hydrogens is 466 g/mol. The Morgan fingerprint density at radius 3 is 1.79 bits per heavy atom. The fourth-order valence-corrected chi connectivity index (χ4v) is 5.73. The number of fused-ring (bicyclic) bond motifs is 3. The standard InChI is InChI=1S/C35H53NO2/c1-4-6-8-10-12-14-18-24-36(25-19-15-13-11-9-7-5-2)28-35(37)34-26-29-22-23-30(38-3)27-33(29)31-20-16-17-21-32(31)34/h16-17,20-23,26-27,35,37H,4-15,18-19,24-25,28H2,1-3H3. The van der Waals surface area contributed by atoms with Crippen molar-refractivity contribution >= 4 is 21.5 Å². The highest BCUT2D eigenvalue weighted by atomic mass is 16.5. The first-order valence-electron chi connectivity index (χ1n) is 15.6. The smallest absolute Gasteiger partial charge is 0.119 e. The van der Waals surface area contributed by atoms with Gasteiger partial charge in [-0.15, -0.1) is 0 Å². The predicted octanol–water partition coefficient (Wildman–Crippen LogP) is 9.84. The Balaban J connectivity index is 1.67. The van der Waals surface area contributed by atoms with E-state index < -0.39 is 6.10 Å². The lowest BCUT2D eigenvalue weighted by atomic mass is 9.94. The van der Waals surface area contributed by atoms with E-state index >= 15 is 0 Å². The molecule has 0 aliphatic carbocycles. The van der Waals surface area contributed by atoms with Crippen LogP contribution in [0.5, 0.6) is 5.75 Å². The molecule has 210 valence electrons. The lowest BCUT2D eigenvalue weighted by Crippen LogP contribution is -2.31. The zero-order valence-electron chi connectivity index (χ0n) is 24.5. The molecule has 3 aromatic carbocycles. The molecule has 0 radical (unpaired) electrons. The van der Waals surface area contributed by atoms with Gasteiger partial charge < -0.3 is 14.7 Å². The zero-order valence-corrected chi connectivity index (χ0v) is 24.5. The van der Waals surface area contributed by atoms with Crippen molar-refractivity contribution in [2.45, 2.75) is 110 Å². The van der Waals surface area contributed by atoms with Crippen molar-refractivity contribution in [3.63, 3.8) is 0 Å². The molecule has 0 heterocycles. The minimum absolute atomic E-state index is 0.500. The highest BCUT2D eigenvalue weighted by molar-refractivity contribution is 6.09. The summed E-state index contributed by atoms with van der Waals surface area (Å²) in [6.07, 6.45) is 18.1. The van der Waals surface area contributed by atoms with E-state index in [-0.39, 0.29) is 0 Å². The van der Waals surface area contributed by atoms with E-state index in [9.17, 15) is 5.11 Å². The van der Waals surface area contributed by atoms with Gasteiger partial charge in [-0.2, -0.15) is 0 Å². The summed E-state index contributed by atoms with van der Waals surface area (Å²) < 4.78 is 5.49. The second kappa shape index (κ2) is 17.5. The first kappa shape index (κ1) is 30.4. The summed E-state index contributed by atoms with van der Waals surface area (Å²) in [4.78, 5) is 2.54. The average Bonchev–Trinajstić information content (AvgIpc) is 2.95. The number of aliphatic hydroxyl groups is 1. The number of benzene rings is 3. The Kier molecular flexibility index (Phi) is 14.0. The van der Waals surface area contributed by atoms with Crippen LogP contribution in [0.4, 0.5) is 0 Å². The molecule has 0 saturated carbocycles. The van der Waals surface area contributed by atoms with Gasteiger partial charge in [-0.1, -0.05) is 121 Å². The minimum Gasteiger partial charge on any atom is -0.497 e. The summed E-state index contributed by atoms with van der Waals surface area (Å²) >= 11 is 0. The van der Waals surface area contributed by atoms with E-state index in [1.807, 2.05) is 6.07 Å². The topological polar surface area (TPSA) is 32.7 Å². The summed E-state index contributed by atoms with van der Waals surface area (Å²) in [6, 6.07) is 16.9. The number of rotatable bonds is 20. The molecule has 0 amide bonds. The van der Waals surface area contributed by atoms with Crippen LogP contribution in [0.2, 0.25) is 0 Å². The van der Waals surface area contributed by atoms with Crippen molar-refractivity contribution in [2.75, 3.05) is 26.7 Å². The Morgan fingerprint density at radius 2 is 1.21 bits per heavy atom. The first-order valence-corrected chi connectivity index (χ1v) is 15.6. The zero-order chi connectivity index (χ0) is 27.0. The van der Waals surface area contributed by atoms with Crippen LogP contribution in [0.15, 0.2) is 48.5 Å². The van der Waals surface area contributed by atoms with E-state index in [1.165, 1.54) is 101 Å². The molecule has 0 saturated heterocycles. The normalized spacial score (nSPS) is 12.6. The van der Waals surface area contributed by atoms with Crippen LogP contribution in [0.25, 0.3) is 21.5 Å². The summed E-state index contributed by atoms with van der Waals surface area (Å²) in [7, 11) is 1.71. The van der Waals surface area contributed by atoms with E-state index in [0.29, 0.717) is 6.54 Å². The van der Waals surface area contributed by atoms with Crippen LogP contribution in [0.3, 0.4) is 0 Å². The lowest BCUT2D eigenvalue weighted by molar-refractivity contribution is 0.111. The molecule has 3 aromatic rings. The van der Waals surface area contributed by atoms with E-state index in [2.05, 4.69) is 61.2 Å². The van der Waals surface area contributed by atoms with Crippen LogP contribution in [-0.4, -0.2) is 36.8 Å². The molecule has 3 rings (SSSR count). The molecule has 1 unspecified atom stereocenters. The highest BCUT2D eigenvalue weighted by Crippen LogP contribution is 2.34. The van der Waals surface area contributed by atoms with Crippen molar-refractivity contribution in [1.29, 1.82) is 0 Å². The van der Waals surface area contributed by atoms with Crippen molar-refractivity contribution in [3.05, 3.63) is 54.1 Å². The molecule has 0 aromatic heterocycles. The maximum absolute atomic E-state index is 11.6. The SMILES string of the molecule is CCCCCCCCCN(CCCCCCCCC)CC(O)c1cc2ccc(OC)cc2c2ccccc12. The van der Waals surface area contributed by atoms with E-state index in [1.54, 1.807) is 7.11 Å². The molecule has 3 heteroatoms. The van der Waals surface area contributed by atoms with Crippen molar-refractivity contribution in [1.82, 2.24) is 4.90 Å². The van der Waals surface area contributed by atoms with Gasteiger partial charge in [-0.25, -0.2) is 0 Å². The molecule has 1 N–H and O–H groups in total. The Labute approximate surface area is 232 Å². The van der Waals surface area contributed by atoms with Gasteiger partial charge in [0.15, 0.2) is 0 Å². The molecule has 3 nitrogen and oxygen atoms in total. The molecular formula is C35H53NO2. The van der Waals surface area contributed by atoms with Crippen LogP contribution < -0.4 is 4.74 Å². The van der Waals surface area contributed by atoms with Gasteiger partial charge in [0.25, 0.3) is 0 Å². The Hall–Kier alpha value is -2.10. The number of methoxy groups -OCH3 is 1. The van der Waals surface area contributed by atoms with Gasteiger partial charge >= 0.3 is 0 Å². The third-order valence-electron chi connectivity index (χ3n) is 8.05. The molecule has 0 aliphatic rings. The monoisotopic (exact) mass is 519 g/mol. The predicted molar refractivity (Wildman–Crippen MR) is 165 cm³/mol. The first-order chi connectivity index (χ1) is 18.7. The quantitative estimate of drug-likeness (QED) is 0.119. The van der Waals surface area contributed by atoms with Crippen LogP contribution in [-0.2, 0) is 0 Å². The lowest BCUT2D eigenvalue weighted by Gasteiger charge is -2.26. The molecule has 38 heavy (non-hydrogen) atoms. The molecule has 0 aliphatic heterocycles. The van der Waals surface area contributed by atoms with Gasteiger partial charge in [0.05, 0.1) is 13.2 Å². The molecule has 0 spiro atoms. The number of aliphatic hydroxyl groups excluding tert-OH is 1. The number of ether oxygens (including phenoxy) is 1. The van der Waals surface area contributed by atoms with Gasteiger partial charge in [0.1, 0.15) is 5.75 Å². The molecule has 0 bridgehead atoms. The Bertz CT molecular complexity index is 1040. The Morgan fingerprint density at radius 1 is 0.658 bits per heavy atom. The van der Waals surface area contributed by atoms with Crippen molar-refractivity contribution < 1.29 is 9.84 Å². The molecule has 0 fully saturated rings. The van der Waals surface area contributed by atoms with E-state index in [4.69, 9.17) is 4.74 Å². The fraction of sp³-hybridized carbons (Fsp3) is 0.600. The van der Waals surface area contributed by atoms with Crippen LogP contribution in [0.1, 0.15) is 115 Å². The van der Waals surface area contributed by atoms with Gasteiger partial charge in [0, 0.05) is 6.54 Å². The number of hydrogen-bond donors (Lipinski definition) is 1. The average molecular weight is 520 g/mol. The highest BCUT2D eigenvalue weighted by Gasteiger charge is 2.18. The summed E-state index contributed by atoms with van der Waals surface area (Å²) in [5, 5.41) is 16.2. The third kappa shape index (κ3) is 9.58. The van der Waals surface area contributed by atoms with Gasteiger partial charge in [-0.3, -0.25) is 0 Å². The van der Waals surface area contributed by atoms with Crippen molar-refractivity contribution in [3.8, 4) is 5.75 Å². The minimum atomic E-state index is -0.500. The maximum atomic E-state index is 11.6. The van der Waals surface area contributed by atoms with Gasteiger partial charge in [-0.05, 0) is 71.2 Å². The largest absolute Gasteiger partial charge is 0.497 e. The maximum Gasteiger partial charge on any atom is 0.119 e. The van der Waals surface area contributed by atoms with Crippen LogP contribution >= 0.6 is 0 Å². The summed E-state index contributed by atoms with van der Waals surface area (Å²) in [5.41, 5.74) is 1.04. The number of hydrogen-bond acceptors (Lipinski definition) is 3. The second-order valence-corrected chi connectivity index (χ2v) is 11.2. The second-order valence-electron chi connectivity index (χ2n) is 11.2. The third-order valence-corrected chi connectivity index (χ3v) is 8.05. The molecule has 1 atom stereocenters. The van der Waals surface area contributed by atoms with Crippen molar-refractivity contribution in [2.24, 2.45) is 0 Å². The summed E-state index contributed by atoms with van der Waals surface area (Å²) in [6.45, 7) is 7.44. The number of unbranched alkanes of at least 4 members (excludes halogenated alkanes) is 12. The summed E-state index contributed by atoms with van der Waals surface area (Å²) in [5.74, 6) is 0.867. The number of nitrogens with zero attached hydrogens (tertiary/aromatic N) is 1. The van der Waals surface area contributed by atoms with Gasteiger partial charge in [0.2, 0.25) is 0 Å². The van der Waals surface area contributed by atoms with E-state index in [0.717, 1.165) is 35.2 Å².